The number of carbonyl (C=O) groups is 3. The predicted molar refractivity (Wildman–Crippen MR) is 96.0 cm³/mol. The number of imide groups is 1. The van der Waals surface area contributed by atoms with Crippen molar-refractivity contribution in [2.45, 2.75) is 0 Å². The molecule has 0 saturated heterocycles. The molecule has 2 aromatic carbocycles. The fourth-order valence-electron chi connectivity index (χ4n) is 2.37. The van der Waals surface area contributed by atoms with E-state index in [2.05, 4.69) is 0 Å². The largest absolute Gasteiger partial charge is 0.465 e. The third-order valence-corrected chi connectivity index (χ3v) is 4.08. The Labute approximate surface area is 158 Å². The SMILES string of the molecule is COC(=O)c1cc(Oc2ccc(Cl)cc2Cl)ccc1N1C(=O)C=CC1=O. The van der Waals surface area contributed by atoms with Crippen LogP contribution in [0.15, 0.2) is 48.6 Å². The number of nitrogens with zero attached hydrogens (tertiary/aromatic N) is 1. The van der Waals surface area contributed by atoms with Crippen LogP contribution in [0.1, 0.15) is 10.4 Å². The summed E-state index contributed by atoms with van der Waals surface area (Å²) in [6, 6.07) is 8.99. The van der Waals surface area contributed by atoms with Gasteiger partial charge in [0.1, 0.15) is 11.5 Å². The number of esters is 1. The molecular formula is C18H11Cl2NO5. The Bertz CT molecular complexity index is 937. The summed E-state index contributed by atoms with van der Waals surface area (Å²) in [7, 11) is 1.20. The molecule has 1 aliphatic heterocycles. The van der Waals surface area contributed by atoms with Crippen molar-refractivity contribution in [3.8, 4) is 11.5 Å². The first-order valence-corrected chi connectivity index (χ1v) is 8.07. The van der Waals surface area contributed by atoms with E-state index in [4.69, 9.17) is 32.7 Å². The van der Waals surface area contributed by atoms with Crippen molar-refractivity contribution in [3.63, 3.8) is 0 Å². The van der Waals surface area contributed by atoms with Crippen LogP contribution in [0.5, 0.6) is 11.5 Å². The van der Waals surface area contributed by atoms with Crippen LogP contribution in [-0.2, 0) is 14.3 Å². The lowest BCUT2D eigenvalue weighted by molar-refractivity contribution is -0.119. The standard InChI is InChI=1S/C18H11Cl2NO5/c1-25-18(24)12-9-11(26-15-5-2-10(19)8-13(15)20)3-4-14(12)21-16(22)6-7-17(21)23/h2-9H,1H3. The van der Waals surface area contributed by atoms with Crippen LogP contribution >= 0.6 is 23.2 Å². The van der Waals surface area contributed by atoms with Crippen molar-refractivity contribution in [2.24, 2.45) is 0 Å². The molecule has 0 aromatic heterocycles. The maximum atomic E-state index is 12.1. The van der Waals surface area contributed by atoms with Gasteiger partial charge in [0.15, 0.2) is 0 Å². The highest BCUT2D eigenvalue weighted by atomic mass is 35.5. The minimum atomic E-state index is -0.722. The fourth-order valence-corrected chi connectivity index (χ4v) is 2.82. The number of methoxy groups -OCH3 is 1. The first-order chi connectivity index (χ1) is 12.4. The van der Waals surface area contributed by atoms with Gasteiger partial charge < -0.3 is 9.47 Å². The second kappa shape index (κ2) is 7.19. The summed E-state index contributed by atoms with van der Waals surface area (Å²) in [6.07, 6.45) is 2.25. The quantitative estimate of drug-likeness (QED) is 0.581. The van der Waals surface area contributed by atoms with Gasteiger partial charge in [-0.15, -0.1) is 0 Å². The lowest BCUT2D eigenvalue weighted by Crippen LogP contribution is -2.31. The predicted octanol–water partition coefficient (Wildman–Crippen LogP) is 4.00. The van der Waals surface area contributed by atoms with Gasteiger partial charge in [-0.3, -0.25) is 9.59 Å². The Kier molecular flexibility index (Phi) is 4.97. The highest BCUT2D eigenvalue weighted by Crippen LogP contribution is 2.34. The van der Waals surface area contributed by atoms with Gasteiger partial charge in [-0.1, -0.05) is 23.2 Å². The van der Waals surface area contributed by atoms with Crippen LogP contribution in [0, 0.1) is 0 Å². The number of halogens is 2. The van der Waals surface area contributed by atoms with Crippen molar-refractivity contribution in [3.05, 3.63) is 64.2 Å². The molecule has 0 N–H and O–H groups in total. The molecule has 132 valence electrons. The molecule has 0 aliphatic carbocycles. The van der Waals surface area contributed by atoms with Gasteiger partial charge in [-0.25, -0.2) is 9.69 Å². The number of hydrogen-bond acceptors (Lipinski definition) is 5. The molecule has 0 fully saturated rings. The second-order valence-corrected chi connectivity index (χ2v) is 6.04. The molecule has 2 amide bonds. The van der Waals surface area contributed by atoms with Crippen LogP contribution in [0.2, 0.25) is 10.0 Å². The van der Waals surface area contributed by atoms with E-state index in [1.54, 1.807) is 12.1 Å². The van der Waals surface area contributed by atoms with E-state index in [1.165, 1.54) is 31.4 Å². The molecule has 0 radical (unpaired) electrons. The maximum Gasteiger partial charge on any atom is 0.340 e. The normalized spacial score (nSPS) is 13.3. The van der Waals surface area contributed by atoms with Gasteiger partial charge in [-0.2, -0.15) is 0 Å². The molecule has 3 rings (SSSR count). The number of ether oxygens (including phenoxy) is 2. The van der Waals surface area contributed by atoms with E-state index >= 15 is 0 Å². The molecule has 0 saturated carbocycles. The Morgan fingerprint density at radius 1 is 1.00 bits per heavy atom. The smallest absolute Gasteiger partial charge is 0.340 e. The molecule has 1 aliphatic rings. The molecule has 0 unspecified atom stereocenters. The van der Waals surface area contributed by atoms with Gasteiger partial charge >= 0.3 is 5.97 Å². The van der Waals surface area contributed by atoms with E-state index in [9.17, 15) is 14.4 Å². The summed E-state index contributed by atoms with van der Waals surface area (Å²) in [6.45, 7) is 0. The fraction of sp³-hybridized carbons (Fsp3) is 0.0556. The zero-order valence-corrected chi connectivity index (χ0v) is 14.9. The van der Waals surface area contributed by atoms with Gasteiger partial charge in [0, 0.05) is 17.2 Å². The molecule has 0 spiro atoms. The lowest BCUT2D eigenvalue weighted by atomic mass is 10.1. The Morgan fingerprint density at radius 2 is 1.69 bits per heavy atom. The van der Waals surface area contributed by atoms with Crippen molar-refractivity contribution < 1.29 is 23.9 Å². The van der Waals surface area contributed by atoms with Gasteiger partial charge in [0.05, 0.1) is 23.4 Å². The topological polar surface area (TPSA) is 72.9 Å². The number of amides is 2. The molecule has 8 heteroatoms. The zero-order valence-electron chi connectivity index (χ0n) is 13.4. The van der Waals surface area contributed by atoms with Crippen LogP contribution in [0.25, 0.3) is 0 Å². The van der Waals surface area contributed by atoms with Crippen molar-refractivity contribution in [2.75, 3.05) is 12.0 Å². The second-order valence-electron chi connectivity index (χ2n) is 5.19. The average molecular weight is 392 g/mol. The summed E-state index contributed by atoms with van der Waals surface area (Å²) in [5, 5.41) is 0.738. The van der Waals surface area contributed by atoms with Gasteiger partial charge in [0.2, 0.25) is 0 Å². The van der Waals surface area contributed by atoms with Crippen LogP contribution in [0.4, 0.5) is 5.69 Å². The number of carbonyl (C=O) groups excluding carboxylic acids is 3. The molecular weight excluding hydrogens is 381 g/mol. The highest BCUT2D eigenvalue weighted by Gasteiger charge is 2.29. The van der Waals surface area contributed by atoms with E-state index in [0.29, 0.717) is 10.8 Å². The maximum absolute atomic E-state index is 12.1. The van der Waals surface area contributed by atoms with Crippen LogP contribution in [0.3, 0.4) is 0 Å². The lowest BCUT2D eigenvalue weighted by Gasteiger charge is -2.18. The van der Waals surface area contributed by atoms with E-state index in [0.717, 1.165) is 17.1 Å². The van der Waals surface area contributed by atoms with Crippen molar-refractivity contribution in [1.82, 2.24) is 0 Å². The molecule has 0 bridgehead atoms. The number of rotatable bonds is 4. The van der Waals surface area contributed by atoms with Crippen molar-refractivity contribution in [1.29, 1.82) is 0 Å². The zero-order chi connectivity index (χ0) is 18.8. The highest BCUT2D eigenvalue weighted by molar-refractivity contribution is 6.35. The minimum Gasteiger partial charge on any atom is -0.465 e. The van der Waals surface area contributed by atoms with E-state index < -0.39 is 17.8 Å². The Balaban J connectivity index is 2.00. The van der Waals surface area contributed by atoms with E-state index in [-0.39, 0.29) is 22.0 Å². The number of benzene rings is 2. The van der Waals surface area contributed by atoms with E-state index in [1.807, 2.05) is 0 Å². The third kappa shape index (κ3) is 3.42. The Hall–Kier alpha value is -2.83. The molecule has 2 aromatic rings. The molecule has 1 heterocycles. The van der Waals surface area contributed by atoms with Crippen molar-refractivity contribution >= 4 is 46.7 Å². The molecule has 26 heavy (non-hydrogen) atoms. The van der Waals surface area contributed by atoms with Crippen LogP contribution < -0.4 is 9.64 Å². The first-order valence-electron chi connectivity index (χ1n) is 7.32. The minimum absolute atomic E-state index is 0.000450. The summed E-state index contributed by atoms with van der Waals surface area (Å²) in [4.78, 5) is 36.8. The van der Waals surface area contributed by atoms with Gasteiger partial charge in [-0.05, 0) is 36.4 Å². The molecule has 6 nitrogen and oxygen atoms in total. The summed E-state index contributed by atoms with van der Waals surface area (Å²) >= 11 is 11.9. The summed E-state index contributed by atoms with van der Waals surface area (Å²) in [5.74, 6) is -1.22. The average Bonchev–Trinajstić information content (AvgIpc) is 2.95. The Morgan fingerprint density at radius 3 is 2.31 bits per heavy atom. The first kappa shape index (κ1) is 18.0. The van der Waals surface area contributed by atoms with Gasteiger partial charge in [0.25, 0.3) is 11.8 Å². The monoisotopic (exact) mass is 391 g/mol. The summed E-state index contributed by atoms with van der Waals surface area (Å²) in [5.41, 5.74) is 0.104. The molecule has 0 atom stereocenters. The van der Waals surface area contributed by atoms with Crippen LogP contribution in [-0.4, -0.2) is 24.9 Å². The number of hydrogen-bond donors (Lipinski definition) is 0. The third-order valence-electron chi connectivity index (χ3n) is 3.55. The summed E-state index contributed by atoms with van der Waals surface area (Å²) < 4.78 is 10.4. The number of anilines is 1.